The van der Waals surface area contributed by atoms with Gasteiger partial charge < -0.3 is 15.2 Å². The van der Waals surface area contributed by atoms with Crippen molar-refractivity contribution in [3.8, 4) is 0 Å². The normalized spacial score (nSPS) is 11.4. The SMILES string of the molecule is COC(=O)C(CNC(=O)c1ccccc1C(=O)O)c1ccc(C)cc1. The second kappa shape index (κ2) is 8.10. The van der Waals surface area contributed by atoms with Crippen molar-refractivity contribution in [1.29, 1.82) is 0 Å². The molecular formula is C19H19NO5. The van der Waals surface area contributed by atoms with Gasteiger partial charge in [0.05, 0.1) is 24.2 Å². The molecule has 0 radical (unpaired) electrons. The fourth-order valence-electron chi connectivity index (χ4n) is 2.44. The van der Waals surface area contributed by atoms with Crippen LogP contribution in [0.3, 0.4) is 0 Å². The first-order chi connectivity index (χ1) is 11.9. The lowest BCUT2D eigenvalue weighted by Crippen LogP contribution is -2.33. The van der Waals surface area contributed by atoms with Crippen molar-refractivity contribution in [1.82, 2.24) is 5.32 Å². The van der Waals surface area contributed by atoms with Gasteiger partial charge in [0.1, 0.15) is 0 Å². The largest absolute Gasteiger partial charge is 0.478 e. The number of benzene rings is 2. The number of ether oxygens (including phenoxy) is 1. The van der Waals surface area contributed by atoms with Crippen LogP contribution in [0.4, 0.5) is 0 Å². The van der Waals surface area contributed by atoms with E-state index in [2.05, 4.69) is 5.32 Å². The Morgan fingerprint density at radius 2 is 1.64 bits per heavy atom. The van der Waals surface area contributed by atoms with E-state index in [1.54, 1.807) is 24.3 Å². The zero-order valence-corrected chi connectivity index (χ0v) is 14.0. The summed E-state index contributed by atoms with van der Waals surface area (Å²) >= 11 is 0. The van der Waals surface area contributed by atoms with Gasteiger partial charge in [-0.1, -0.05) is 42.0 Å². The predicted octanol–water partition coefficient (Wildman–Crippen LogP) is 2.38. The van der Waals surface area contributed by atoms with Crippen molar-refractivity contribution in [3.63, 3.8) is 0 Å². The van der Waals surface area contributed by atoms with E-state index in [1.165, 1.54) is 19.2 Å². The van der Waals surface area contributed by atoms with Crippen molar-refractivity contribution in [2.24, 2.45) is 0 Å². The van der Waals surface area contributed by atoms with Gasteiger partial charge >= 0.3 is 11.9 Å². The zero-order chi connectivity index (χ0) is 18.4. The van der Waals surface area contributed by atoms with Crippen LogP contribution in [0.2, 0.25) is 0 Å². The molecule has 130 valence electrons. The minimum Gasteiger partial charge on any atom is -0.478 e. The Hall–Kier alpha value is -3.15. The Morgan fingerprint density at radius 3 is 2.20 bits per heavy atom. The topological polar surface area (TPSA) is 92.7 Å². The summed E-state index contributed by atoms with van der Waals surface area (Å²) in [5, 5.41) is 11.8. The van der Waals surface area contributed by atoms with E-state index in [4.69, 9.17) is 9.84 Å². The maximum Gasteiger partial charge on any atom is 0.336 e. The quantitative estimate of drug-likeness (QED) is 0.787. The van der Waals surface area contributed by atoms with Crippen LogP contribution in [0, 0.1) is 6.92 Å². The van der Waals surface area contributed by atoms with E-state index in [-0.39, 0.29) is 17.7 Å². The lowest BCUT2D eigenvalue weighted by molar-refractivity contribution is -0.142. The summed E-state index contributed by atoms with van der Waals surface area (Å²) in [6, 6.07) is 13.2. The monoisotopic (exact) mass is 341 g/mol. The summed E-state index contributed by atoms with van der Waals surface area (Å²) < 4.78 is 4.81. The molecule has 0 fully saturated rings. The average Bonchev–Trinajstić information content (AvgIpc) is 2.62. The lowest BCUT2D eigenvalue weighted by Gasteiger charge is -2.16. The molecule has 0 aliphatic rings. The van der Waals surface area contributed by atoms with Crippen LogP contribution >= 0.6 is 0 Å². The number of esters is 1. The molecule has 0 spiro atoms. The smallest absolute Gasteiger partial charge is 0.336 e. The number of carboxylic acids is 1. The summed E-state index contributed by atoms with van der Waals surface area (Å²) in [6.07, 6.45) is 0. The summed E-state index contributed by atoms with van der Waals surface area (Å²) in [4.78, 5) is 35.6. The van der Waals surface area contributed by atoms with Crippen LogP contribution < -0.4 is 5.32 Å². The first-order valence-corrected chi connectivity index (χ1v) is 7.69. The van der Waals surface area contributed by atoms with Crippen LogP contribution in [0.1, 0.15) is 37.8 Å². The van der Waals surface area contributed by atoms with E-state index in [0.717, 1.165) is 5.56 Å². The van der Waals surface area contributed by atoms with Gasteiger partial charge in [-0.05, 0) is 24.6 Å². The van der Waals surface area contributed by atoms with Gasteiger partial charge in [0.2, 0.25) is 0 Å². The molecule has 1 atom stereocenters. The van der Waals surface area contributed by atoms with Gasteiger partial charge in [0.25, 0.3) is 5.91 Å². The van der Waals surface area contributed by atoms with Crippen LogP contribution in [0.15, 0.2) is 48.5 Å². The molecule has 6 heteroatoms. The van der Waals surface area contributed by atoms with Gasteiger partial charge in [0, 0.05) is 6.54 Å². The van der Waals surface area contributed by atoms with Crippen molar-refractivity contribution in [3.05, 3.63) is 70.8 Å². The highest BCUT2D eigenvalue weighted by molar-refractivity contribution is 6.04. The summed E-state index contributed by atoms with van der Waals surface area (Å²) in [5.74, 6) is -2.89. The molecule has 0 aliphatic heterocycles. The second-order valence-electron chi connectivity index (χ2n) is 5.55. The van der Waals surface area contributed by atoms with E-state index >= 15 is 0 Å². The Labute approximate surface area is 145 Å². The first-order valence-electron chi connectivity index (χ1n) is 7.69. The highest BCUT2D eigenvalue weighted by atomic mass is 16.5. The zero-order valence-electron chi connectivity index (χ0n) is 14.0. The summed E-state index contributed by atoms with van der Waals surface area (Å²) in [6.45, 7) is 1.93. The van der Waals surface area contributed by atoms with Gasteiger partial charge in [-0.25, -0.2) is 4.79 Å². The first kappa shape index (κ1) is 18.2. The van der Waals surface area contributed by atoms with Gasteiger partial charge in [0.15, 0.2) is 0 Å². The molecule has 1 amide bonds. The van der Waals surface area contributed by atoms with Crippen LogP contribution in [-0.4, -0.2) is 36.6 Å². The van der Waals surface area contributed by atoms with E-state index in [1.807, 2.05) is 19.1 Å². The molecule has 1 unspecified atom stereocenters. The van der Waals surface area contributed by atoms with E-state index in [0.29, 0.717) is 5.56 Å². The number of nitrogens with one attached hydrogen (secondary N) is 1. The number of rotatable bonds is 6. The second-order valence-corrected chi connectivity index (χ2v) is 5.55. The molecule has 2 rings (SSSR count). The molecular weight excluding hydrogens is 322 g/mol. The maximum atomic E-state index is 12.3. The number of hydrogen-bond donors (Lipinski definition) is 2. The molecule has 2 aromatic carbocycles. The number of methoxy groups -OCH3 is 1. The third-order valence-electron chi connectivity index (χ3n) is 3.83. The standard InChI is InChI=1S/C19H19NO5/c1-12-7-9-13(10-8-12)16(19(24)25-2)11-20-17(21)14-5-3-4-6-15(14)18(22)23/h3-10,16H,11H2,1-2H3,(H,20,21)(H,22,23). The van der Waals surface area contributed by atoms with E-state index in [9.17, 15) is 14.4 Å². The molecule has 2 aromatic rings. The maximum absolute atomic E-state index is 12.3. The lowest BCUT2D eigenvalue weighted by atomic mass is 9.97. The minimum atomic E-state index is -1.19. The highest BCUT2D eigenvalue weighted by Crippen LogP contribution is 2.18. The molecule has 0 saturated heterocycles. The Morgan fingerprint density at radius 1 is 1.04 bits per heavy atom. The van der Waals surface area contributed by atoms with E-state index < -0.39 is 23.8 Å². The number of aryl methyl sites for hydroxylation is 1. The molecule has 0 saturated carbocycles. The number of aromatic carboxylic acids is 1. The number of carbonyl (C=O) groups excluding carboxylic acids is 2. The molecule has 0 bridgehead atoms. The molecule has 0 heterocycles. The minimum absolute atomic E-state index is 0.00250. The highest BCUT2D eigenvalue weighted by Gasteiger charge is 2.23. The number of carbonyl (C=O) groups is 3. The fraction of sp³-hybridized carbons (Fsp3) is 0.211. The van der Waals surface area contributed by atoms with Gasteiger partial charge in [-0.2, -0.15) is 0 Å². The molecule has 0 aliphatic carbocycles. The summed E-state index contributed by atoms with van der Waals surface area (Å²) in [5.41, 5.74) is 1.71. The number of hydrogen-bond acceptors (Lipinski definition) is 4. The Bertz CT molecular complexity index is 783. The number of amides is 1. The molecule has 0 aromatic heterocycles. The third-order valence-corrected chi connectivity index (χ3v) is 3.83. The van der Waals surface area contributed by atoms with Crippen molar-refractivity contribution in [2.75, 3.05) is 13.7 Å². The van der Waals surface area contributed by atoms with Crippen LogP contribution in [0.5, 0.6) is 0 Å². The van der Waals surface area contributed by atoms with Crippen LogP contribution in [0.25, 0.3) is 0 Å². The van der Waals surface area contributed by atoms with Gasteiger partial charge in [-0.15, -0.1) is 0 Å². The molecule has 25 heavy (non-hydrogen) atoms. The number of carboxylic acid groups (broad SMARTS) is 1. The van der Waals surface area contributed by atoms with Crippen molar-refractivity contribution in [2.45, 2.75) is 12.8 Å². The van der Waals surface area contributed by atoms with Crippen LogP contribution in [-0.2, 0) is 9.53 Å². The van der Waals surface area contributed by atoms with Crippen molar-refractivity contribution < 1.29 is 24.2 Å². The molecule has 2 N–H and O–H groups in total. The predicted molar refractivity (Wildman–Crippen MR) is 91.7 cm³/mol. The summed E-state index contributed by atoms with van der Waals surface area (Å²) in [7, 11) is 1.28. The molecule has 6 nitrogen and oxygen atoms in total. The van der Waals surface area contributed by atoms with Crippen molar-refractivity contribution >= 4 is 17.8 Å². The van der Waals surface area contributed by atoms with Gasteiger partial charge in [-0.3, -0.25) is 9.59 Å². The third kappa shape index (κ3) is 4.44. The Balaban J connectivity index is 2.18. The fourth-order valence-corrected chi connectivity index (χ4v) is 2.44. The average molecular weight is 341 g/mol. The Kier molecular flexibility index (Phi) is 5.89.